The van der Waals surface area contributed by atoms with Gasteiger partial charge < -0.3 is 14.2 Å². The molecule has 0 N–H and O–H groups in total. The van der Waals surface area contributed by atoms with Crippen LogP contribution in [0, 0.1) is 0 Å². The van der Waals surface area contributed by atoms with Gasteiger partial charge in [-0.2, -0.15) is 0 Å². The quantitative estimate of drug-likeness (QED) is 0.542. The summed E-state index contributed by atoms with van der Waals surface area (Å²) < 4.78 is 15.3. The maximum Gasteiger partial charge on any atom is 0.257 e. The van der Waals surface area contributed by atoms with Crippen LogP contribution in [0.2, 0.25) is 0 Å². The molecular formula is C12H16O4. The fraction of sp³-hybridized carbons (Fsp3) is 0.417. The number of methoxy groups -OCH3 is 3. The van der Waals surface area contributed by atoms with Gasteiger partial charge in [0.25, 0.3) is 5.79 Å². The Morgan fingerprint density at radius 3 is 2.12 bits per heavy atom. The second-order valence-corrected chi connectivity index (χ2v) is 3.29. The fourth-order valence-corrected chi connectivity index (χ4v) is 1.45. The highest BCUT2D eigenvalue weighted by atomic mass is 16.7. The van der Waals surface area contributed by atoms with Gasteiger partial charge in [-0.3, -0.25) is 4.79 Å². The Morgan fingerprint density at radius 1 is 1.12 bits per heavy atom. The van der Waals surface area contributed by atoms with E-state index in [2.05, 4.69) is 0 Å². The molecule has 0 saturated carbocycles. The SMILES string of the molecule is COCC(OC)(OC)C(=O)c1ccccc1. The Morgan fingerprint density at radius 2 is 1.69 bits per heavy atom. The van der Waals surface area contributed by atoms with E-state index in [0.29, 0.717) is 5.56 Å². The number of ether oxygens (including phenoxy) is 3. The third-order valence-electron chi connectivity index (χ3n) is 2.38. The molecule has 4 heteroatoms. The van der Waals surface area contributed by atoms with Gasteiger partial charge in [0, 0.05) is 26.9 Å². The third kappa shape index (κ3) is 2.47. The minimum absolute atomic E-state index is 0.0493. The normalized spacial score (nSPS) is 11.4. The number of carbonyl (C=O) groups excluding carboxylic acids is 1. The molecule has 0 aromatic heterocycles. The van der Waals surface area contributed by atoms with Crippen molar-refractivity contribution in [3.8, 4) is 0 Å². The van der Waals surface area contributed by atoms with Crippen LogP contribution in [0.3, 0.4) is 0 Å². The zero-order chi connectivity index (χ0) is 12.0. The molecular weight excluding hydrogens is 208 g/mol. The summed E-state index contributed by atoms with van der Waals surface area (Å²) in [6.07, 6.45) is 0. The average Bonchev–Trinajstić information content (AvgIpc) is 2.36. The van der Waals surface area contributed by atoms with E-state index >= 15 is 0 Å². The molecule has 0 fully saturated rings. The second-order valence-electron chi connectivity index (χ2n) is 3.29. The minimum atomic E-state index is -1.36. The van der Waals surface area contributed by atoms with Crippen molar-refractivity contribution in [2.45, 2.75) is 5.79 Å². The molecule has 0 amide bonds. The first-order chi connectivity index (χ1) is 7.70. The van der Waals surface area contributed by atoms with Gasteiger partial charge in [-0.05, 0) is 0 Å². The zero-order valence-electron chi connectivity index (χ0n) is 9.73. The summed E-state index contributed by atoms with van der Waals surface area (Å²) in [6, 6.07) is 8.84. The van der Waals surface area contributed by atoms with Gasteiger partial charge in [0.05, 0.1) is 0 Å². The molecule has 1 rings (SSSR count). The van der Waals surface area contributed by atoms with Gasteiger partial charge in [-0.1, -0.05) is 30.3 Å². The van der Waals surface area contributed by atoms with E-state index in [-0.39, 0.29) is 12.4 Å². The Balaban J connectivity index is 3.00. The first-order valence-electron chi connectivity index (χ1n) is 4.89. The monoisotopic (exact) mass is 224 g/mol. The third-order valence-corrected chi connectivity index (χ3v) is 2.38. The molecule has 0 spiro atoms. The standard InChI is InChI=1S/C12H16O4/c1-14-9-12(15-2,16-3)11(13)10-7-5-4-6-8-10/h4-8H,9H2,1-3H3. The number of hydrogen-bond donors (Lipinski definition) is 0. The summed E-state index contributed by atoms with van der Waals surface area (Å²) in [5.74, 6) is -1.62. The molecule has 1 aromatic rings. The van der Waals surface area contributed by atoms with Gasteiger partial charge in [-0.15, -0.1) is 0 Å². The summed E-state index contributed by atoms with van der Waals surface area (Å²) in [4.78, 5) is 12.2. The summed E-state index contributed by atoms with van der Waals surface area (Å²) in [5.41, 5.74) is 0.531. The number of rotatable bonds is 6. The van der Waals surface area contributed by atoms with Gasteiger partial charge in [0.1, 0.15) is 6.61 Å². The predicted octanol–water partition coefficient (Wildman–Crippen LogP) is 1.50. The van der Waals surface area contributed by atoms with Crippen molar-refractivity contribution < 1.29 is 19.0 Å². The molecule has 1 aromatic carbocycles. The summed E-state index contributed by atoms with van der Waals surface area (Å²) in [6.45, 7) is 0.0493. The Hall–Kier alpha value is -1.23. The van der Waals surface area contributed by atoms with Gasteiger partial charge in [0.15, 0.2) is 0 Å². The van der Waals surface area contributed by atoms with E-state index in [1.165, 1.54) is 21.3 Å². The van der Waals surface area contributed by atoms with Crippen molar-refractivity contribution in [2.75, 3.05) is 27.9 Å². The van der Waals surface area contributed by atoms with Gasteiger partial charge in [0.2, 0.25) is 5.78 Å². The van der Waals surface area contributed by atoms with E-state index < -0.39 is 5.79 Å². The number of hydrogen-bond acceptors (Lipinski definition) is 4. The smallest absolute Gasteiger partial charge is 0.257 e. The molecule has 0 unspecified atom stereocenters. The molecule has 0 aliphatic heterocycles. The Kier molecular flexibility index (Phi) is 4.61. The van der Waals surface area contributed by atoms with Crippen LogP contribution in [0.25, 0.3) is 0 Å². The van der Waals surface area contributed by atoms with Crippen molar-refractivity contribution in [1.82, 2.24) is 0 Å². The van der Waals surface area contributed by atoms with Crippen molar-refractivity contribution in [3.63, 3.8) is 0 Å². The summed E-state index contributed by atoms with van der Waals surface area (Å²) in [5, 5.41) is 0. The molecule has 0 saturated heterocycles. The van der Waals surface area contributed by atoms with Crippen LogP contribution in [0.4, 0.5) is 0 Å². The number of ketones is 1. The lowest BCUT2D eigenvalue weighted by molar-refractivity contribution is -0.194. The van der Waals surface area contributed by atoms with Crippen LogP contribution in [-0.2, 0) is 14.2 Å². The average molecular weight is 224 g/mol. The van der Waals surface area contributed by atoms with Crippen LogP contribution in [0.15, 0.2) is 30.3 Å². The van der Waals surface area contributed by atoms with E-state index in [0.717, 1.165) is 0 Å². The molecule has 16 heavy (non-hydrogen) atoms. The van der Waals surface area contributed by atoms with Crippen LogP contribution in [-0.4, -0.2) is 39.5 Å². The van der Waals surface area contributed by atoms with E-state index in [1.807, 2.05) is 6.07 Å². The van der Waals surface area contributed by atoms with Gasteiger partial charge in [-0.25, -0.2) is 0 Å². The molecule has 0 aliphatic carbocycles. The van der Waals surface area contributed by atoms with Crippen molar-refractivity contribution in [3.05, 3.63) is 35.9 Å². The lowest BCUT2D eigenvalue weighted by Crippen LogP contribution is -2.46. The zero-order valence-corrected chi connectivity index (χ0v) is 9.73. The van der Waals surface area contributed by atoms with Crippen LogP contribution < -0.4 is 0 Å². The van der Waals surface area contributed by atoms with Crippen molar-refractivity contribution >= 4 is 5.78 Å². The maximum absolute atomic E-state index is 12.2. The number of benzene rings is 1. The Labute approximate surface area is 95.1 Å². The van der Waals surface area contributed by atoms with Crippen molar-refractivity contribution in [2.24, 2.45) is 0 Å². The van der Waals surface area contributed by atoms with E-state index in [4.69, 9.17) is 14.2 Å². The van der Waals surface area contributed by atoms with Crippen LogP contribution in [0.5, 0.6) is 0 Å². The first kappa shape index (κ1) is 12.8. The molecule has 4 nitrogen and oxygen atoms in total. The molecule has 0 radical (unpaired) electrons. The summed E-state index contributed by atoms with van der Waals surface area (Å²) in [7, 11) is 4.33. The summed E-state index contributed by atoms with van der Waals surface area (Å²) >= 11 is 0. The molecule has 0 heterocycles. The number of Topliss-reactive ketones (excluding diaryl/α,β-unsaturated/α-hetero) is 1. The van der Waals surface area contributed by atoms with Crippen LogP contribution >= 0.6 is 0 Å². The lowest BCUT2D eigenvalue weighted by Gasteiger charge is -2.28. The minimum Gasteiger partial charge on any atom is -0.379 e. The van der Waals surface area contributed by atoms with E-state index in [9.17, 15) is 4.79 Å². The number of carbonyl (C=O) groups is 1. The molecule has 0 bridgehead atoms. The second kappa shape index (κ2) is 5.75. The Bertz CT molecular complexity index is 330. The lowest BCUT2D eigenvalue weighted by atomic mass is 10.0. The largest absolute Gasteiger partial charge is 0.379 e. The predicted molar refractivity (Wildman–Crippen MR) is 59.4 cm³/mol. The highest BCUT2D eigenvalue weighted by molar-refractivity contribution is 6.01. The highest BCUT2D eigenvalue weighted by Crippen LogP contribution is 2.18. The van der Waals surface area contributed by atoms with Crippen LogP contribution in [0.1, 0.15) is 10.4 Å². The topological polar surface area (TPSA) is 44.8 Å². The molecule has 0 atom stereocenters. The van der Waals surface area contributed by atoms with Crippen molar-refractivity contribution in [1.29, 1.82) is 0 Å². The van der Waals surface area contributed by atoms with Gasteiger partial charge >= 0.3 is 0 Å². The maximum atomic E-state index is 12.2. The fourth-order valence-electron chi connectivity index (χ4n) is 1.45. The molecule has 0 aliphatic rings. The first-order valence-corrected chi connectivity index (χ1v) is 4.89. The highest BCUT2D eigenvalue weighted by Gasteiger charge is 2.39. The molecule has 88 valence electrons. The van der Waals surface area contributed by atoms with E-state index in [1.54, 1.807) is 24.3 Å².